The monoisotopic (exact) mass is 397 g/mol. The van der Waals surface area contributed by atoms with Crippen molar-refractivity contribution in [2.45, 2.75) is 142 Å². The van der Waals surface area contributed by atoms with E-state index >= 15 is 0 Å². The van der Waals surface area contributed by atoms with Gasteiger partial charge in [0.2, 0.25) is 5.91 Å². The van der Waals surface area contributed by atoms with Crippen molar-refractivity contribution in [2.24, 2.45) is 0 Å². The number of unbranched alkanes of at least 4 members (excludes halogenated alkanes) is 16. The van der Waals surface area contributed by atoms with E-state index in [9.17, 15) is 9.59 Å². The second-order valence-corrected chi connectivity index (χ2v) is 8.27. The predicted octanol–water partition coefficient (Wildman–Crippen LogP) is 7.01. The summed E-state index contributed by atoms with van der Waals surface area (Å²) in [4.78, 5) is 22.6. The Morgan fingerprint density at radius 3 is 1.32 bits per heavy atom. The maximum Gasteiger partial charge on any atom is 0.326 e. The summed E-state index contributed by atoms with van der Waals surface area (Å²) < 4.78 is 0. The van der Waals surface area contributed by atoms with E-state index in [2.05, 4.69) is 12.2 Å². The number of rotatable bonds is 21. The van der Waals surface area contributed by atoms with Crippen LogP contribution in [0.15, 0.2) is 0 Å². The molecule has 4 nitrogen and oxygen atoms in total. The molecule has 1 unspecified atom stereocenters. The molecule has 166 valence electrons. The van der Waals surface area contributed by atoms with E-state index in [-0.39, 0.29) is 5.91 Å². The van der Waals surface area contributed by atoms with Crippen molar-refractivity contribution < 1.29 is 14.7 Å². The van der Waals surface area contributed by atoms with Crippen LogP contribution in [0.2, 0.25) is 0 Å². The minimum atomic E-state index is -0.946. The topological polar surface area (TPSA) is 66.4 Å². The first-order valence-electron chi connectivity index (χ1n) is 12.1. The number of hydrogen-bond donors (Lipinski definition) is 2. The molecular weight excluding hydrogens is 350 g/mol. The molecule has 0 heterocycles. The lowest BCUT2D eigenvalue weighted by molar-refractivity contribution is -0.141. The Balaban J connectivity index is 3.23. The maximum atomic E-state index is 11.7. The minimum absolute atomic E-state index is 0.129. The number of hydrogen-bond acceptors (Lipinski definition) is 2. The zero-order valence-electron chi connectivity index (χ0n) is 18.8. The first kappa shape index (κ1) is 26.9. The molecule has 0 aromatic heterocycles. The number of nitrogens with one attached hydrogen (secondary N) is 1. The van der Waals surface area contributed by atoms with Crippen molar-refractivity contribution in [1.82, 2.24) is 5.32 Å². The van der Waals surface area contributed by atoms with Gasteiger partial charge in [-0.05, 0) is 12.8 Å². The van der Waals surface area contributed by atoms with Gasteiger partial charge in [-0.3, -0.25) is 4.79 Å². The third-order valence-corrected chi connectivity index (χ3v) is 5.55. The molecule has 4 heteroatoms. The molecule has 0 aromatic rings. The summed E-state index contributed by atoms with van der Waals surface area (Å²) in [7, 11) is 0. The summed E-state index contributed by atoms with van der Waals surface area (Å²) in [5.41, 5.74) is 0. The number of carbonyl (C=O) groups excluding carboxylic acids is 1. The quantitative estimate of drug-likeness (QED) is 0.205. The fourth-order valence-electron chi connectivity index (χ4n) is 3.62. The summed E-state index contributed by atoms with van der Waals surface area (Å²) in [6, 6.07) is -0.738. The predicted molar refractivity (Wildman–Crippen MR) is 119 cm³/mol. The summed E-state index contributed by atoms with van der Waals surface area (Å²) in [6.07, 6.45) is 23.3. The Kier molecular flexibility index (Phi) is 19.9. The Hall–Kier alpha value is -1.06. The number of amides is 1. The highest BCUT2D eigenvalue weighted by Gasteiger charge is 2.16. The van der Waals surface area contributed by atoms with E-state index in [0.29, 0.717) is 12.8 Å². The first-order valence-corrected chi connectivity index (χ1v) is 12.1. The fourth-order valence-corrected chi connectivity index (χ4v) is 3.62. The maximum absolute atomic E-state index is 11.7. The molecule has 0 radical (unpaired) electrons. The van der Waals surface area contributed by atoms with E-state index in [4.69, 9.17) is 5.11 Å². The summed E-state index contributed by atoms with van der Waals surface area (Å²) >= 11 is 0. The standard InChI is InChI=1S/C24H47NO3/c1-3-5-6-7-8-9-10-11-12-13-14-15-16-17-18-19-20-21-23(26)25-22(4-2)24(27)28/h22H,3-21H2,1-2H3,(H,25,26)(H,27,28). The Labute approximate surface area is 174 Å². The van der Waals surface area contributed by atoms with Crippen LogP contribution < -0.4 is 5.32 Å². The molecule has 0 saturated carbocycles. The highest BCUT2D eigenvalue weighted by atomic mass is 16.4. The van der Waals surface area contributed by atoms with Gasteiger partial charge in [-0.1, -0.05) is 117 Å². The molecular formula is C24H47NO3. The van der Waals surface area contributed by atoms with Crippen LogP contribution in [-0.2, 0) is 9.59 Å². The minimum Gasteiger partial charge on any atom is -0.480 e. The lowest BCUT2D eigenvalue weighted by atomic mass is 10.0. The Bertz CT molecular complexity index is 371. The van der Waals surface area contributed by atoms with Crippen molar-refractivity contribution in [3.05, 3.63) is 0 Å². The molecule has 2 N–H and O–H groups in total. The van der Waals surface area contributed by atoms with Crippen molar-refractivity contribution in [3.63, 3.8) is 0 Å². The zero-order chi connectivity index (χ0) is 20.9. The third kappa shape index (κ3) is 18.3. The summed E-state index contributed by atoms with van der Waals surface area (Å²) in [5, 5.41) is 11.5. The van der Waals surface area contributed by atoms with Crippen LogP contribution in [0.1, 0.15) is 136 Å². The van der Waals surface area contributed by atoms with Gasteiger partial charge < -0.3 is 10.4 Å². The molecule has 0 aliphatic rings. The van der Waals surface area contributed by atoms with Crippen molar-refractivity contribution in [3.8, 4) is 0 Å². The van der Waals surface area contributed by atoms with Gasteiger partial charge in [0.15, 0.2) is 0 Å². The van der Waals surface area contributed by atoms with Crippen LogP contribution in [0.25, 0.3) is 0 Å². The van der Waals surface area contributed by atoms with Crippen LogP contribution in [-0.4, -0.2) is 23.0 Å². The lowest BCUT2D eigenvalue weighted by Gasteiger charge is -2.11. The molecule has 0 rings (SSSR count). The molecule has 0 spiro atoms. The molecule has 1 amide bonds. The average molecular weight is 398 g/mol. The molecule has 0 saturated heterocycles. The summed E-state index contributed by atoms with van der Waals surface area (Å²) in [6.45, 7) is 4.05. The molecule has 1 atom stereocenters. The van der Waals surface area contributed by atoms with Gasteiger partial charge in [0.05, 0.1) is 0 Å². The fraction of sp³-hybridized carbons (Fsp3) is 0.917. The number of carboxylic acids is 1. The van der Waals surface area contributed by atoms with Crippen LogP contribution in [0, 0.1) is 0 Å². The second-order valence-electron chi connectivity index (χ2n) is 8.27. The van der Waals surface area contributed by atoms with Crippen molar-refractivity contribution in [2.75, 3.05) is 0 Å². The van der Waals surface area contributed by atoms with E-state index in [0.717, 1.165) is 12.8 Å². The Morgan fingerprint density at radius 2 is 1.00 bits per heavy atom. The van der Waals surface area contributed by atoms with Crippen LogP contribution >= 0.6 is 0 Å². The highest BCUT2D eigenvalue weighted by Crippen LogP contribution is 2.14. The second kappa shape index (κ2) is 20.7. The molecule has 0 fully saturated rings. The van der Waals surface area contributed by atoms with Gasteiger partial charge >= 0.3 is 5.97 Å². The van der Waals surface area contributed by atoms with E-state index in [1.165, 1.54) is 96.3 Å². The SMILES string of the molecule is CCCCCCCCCCCCCCCCCCCC(=O)NC(CC)C(=O)O. The van der Waals surface area contributed by atoms with E-state index in [1.807, 2.05) is 0 Å². The largest absolute Gasteiger partial charge is 0.480 e. The zero-order valence-corrected chi connectivity index (χ0v) is 18.8. The molecule has 0 aliphatic heterocycles. The first-order chi connectivity index (χ1) is 13.6. The van der Waals surface area contributed by atoms with Gasteiger partial charge in [0.1, 0.15) is 6.04 Å². The van der Waals surface area contributed by atoms with Crippen LogP contribution in [0.4, 0.5) is 0 Å². The van der Waals surface area contributed by atoms with Gasteiger partial charge in [-0.2, -0.15) is 0 Å². The molecule has 0 aliphatic carbocycles. The number of aliphatic carboxylic acids is 1. The number of carboxylic acid groups (broad SMARTS) is 1. The summed E-state index contributed by atoms with van der Waals surface area (Å²) in [5.74, 6) is -1.08. The molecule has 0 aromatic carbocycles. The van der Waals surface area contributed by atoms with Gasteiger partial charge in [-0.15, -0.1) is 0 Å². The highest BCUT2D eigenvalue weighted by molar-refractivity contribution is 5.83. The van der Waals surface area contributed by atoms with Crippen LogP contribution in [0.3, 0.4) is 0 Å². The lowest BCUT2D eigenvalue weighted by Crippen LogP contribution is -2.40. The van der Waals surface area contributed by atoms with Gasteiger partial charge in [-0.25, -0.2) is 4.79 Å². The van der Waals surface area contributed by atoms with Crippen molar-refractivity contribution in [1.29, 1.82) is 0 Å². The van der Waals surface area contributed by atoms with Crippen LogP contribution in [0.5, 0.6) is 0 Å². The average Bonchev–Trinajstić information content (AvgIpc) is 2.68. The number of carbonyl (C=O) groups is 2. The normalized spacial score (nSPS) is 12.1. The van der Waals surface area contributed by atoms with E-state index < -0.39 is 12.0 Å². The molecule has 28 heavy (non-hydrogen) atoms. The Morgan fingerprint density at radius 1 is 0.643 bits per heavy atom. The molecule has 0 bridgehead atoms. The van der Waals surface area contributed by atoms with Gasteiger partial charge in [0.25, 0.3) is 0 Å². The van der Waals surface area contributed by atoms with Gasteiger partial charge in [0, 0.05) is 6.42 Å². The van der Waals surface area contributed by atoms with Crippen molar-refractivity contribution >= 4 is 11.9 Å². The smallest absolute Gasteiger partial charge is 0.326 e. The third-order valence-electron chi connectivity index (χ3n) is 5.55. The van der Waals surface area contributed by atoms with E-state index in [1.54, 1.807) is 6.92 Å².